The Morgan fingerprint density at radius 1 is 0.559 bits per heavy atom. The van der Waals surface area contributed by atoms with E-state index in [1.807, 2.05) is 4.58 Å². The third kappa shape index (κ3) is 18.6. The number of hydrogen-bond acceptors (Lipinski definition) is 27. The van der Waals surface area contributed by atoms with Crippen LogP contribution in [0.5, 0.6) is 0 Å². The van der Waals surface area contributed by atoms with Gasteiger partial charge in [-0.05, 0) is 97.3 Å². The molecule has 510 valence electrons. The molecule has 2 atom stereocenters. The maximum Gasteiger partial charge on any atom is 0.335 e. The first-order valence-corrected chi connectivity index (χ1v) is 36.0. The van der Waals surface area contributed by atoms with E-state index >= 15 is 0 Å². The van der Waals surface area contributed by atoms with Crippen LogP contribution in [0.3, 0.4) is 0 Å². The highest BCUT2D eigenvalue weighted by molar-refractivity contribution is 7.87. The SMILES string of the molecule is COCCOCCOCCOCCC1(C)C(C=CC=CC=CC=C2N(CCOC)c3cc(S(=O)(=O)[O-])c4ccc(S(=O)(=O)[O-])cc4c3C2(C)CCCS(=O)(=O)[O-])=[N+](CCOCCOCCC(=O)ON2C(=O)CCC2=O)c2ccc3c(S(=O)(=O)[O-])cc(S(=O)(=O)[O-])cc3c21. The lowest BCUT2D eigenvalue weighted by Gasteiger charge is -2.31. The lowest BCUT2D eigenvalue weighted by atomic mass is 9.75. The molecule has 0 bridgehead atoms. The minimum absolute atomic E-state index is 0.00256. The van der Waals surface area contributed by atoms with Gasteiger partial charge in [-0.1, -0.05) is 36.4 Å². The second-order valence-corrected chi connectivity index (χ2v) is 28.7. The van der Waals surface area contributed by atoms with Crippen LogP contribution < -0.4 is 4.90 Å². The highest BCUT2D eigenvalue weighted by Crippen LogP contribution is 2.55. The summed E-state index contributed by atoms with van der Waals surface area (Å²) < 4.78 is 229. The molecular weight excluding hydrogens is 1330 g/mol. The van der Waals surface area contributed by atoms with Crippen molar-refractivity contribution in [3.63, 3.8) is 0 Å². The van der Waals surface area contributed by atoms with E-state index in [1.54, 1.807) is 68.4 Å². The van der Waals surface area contributed by atoms with E-state index in [2.05, 4.69) is 0 Å². The van der Waals surface area contributed by atoms with Gasteiger partial charge in [0.05, 0.1) is 108 Å². The van der Waals surface area contributed by atoms with Crippen LogP contribution in [0.4, 0.5) is 11.4 Å². The van der Waals surface area contributed by atoms with Crippen molar-refractivity contribution in [3.8, 4) is 0 Å². The first-order valence-electron chi connectivity index (χ1n) is 28.8. The maximum absolute atomic E-state index is 12.9. The summed E-state index contributed by atoms with van der Waals surface area (Å²) >= 11 is 0. The molecule has 34 heteroatoms. The van der Waals surface area contributed by atoms with Crippen LogP contribution in [0.15, 0.2) is 116 Å². The average Bonchev–Trinajstić information content (AvgIpc) is 1.59. The zero-order valence-electron chi connectivity index (χ0n) is 51.0. The third-order valence-corrected chi connectivity index (χ3v) is 19.7. The van der Waals surface area contributed by atoms with Crippen molar-refractivity contribution in [1.82, 2.24) is 5.06 Å². The van der Waals surface area contributed by atoms with Gasteiger partial charge in [-0.2, -0.15) is 4.58 Å². The number of allylic oxidation sites excluding steroid dienone is 8. The fraction of sp³-hybridized carbons (Fsp3) is 0.458. The van der Waals surface area contributed by atoms with Gasteiger partial charge < -0.3 is 65.7 Å². The molecule has 1 saturated heterocycles. The van der Waals surface area contributed by atoms with Crippen molar-refractivity contribution in [1.29, 1.82) is 0 Å². The van der Waals surface area contributed by atoms with Crippen molar-refractivity contribution in [2.24, 2.45) is 0 Å². The Morgan fingerprint density at radius 2 is 1.09 bits per heavy atom. The van der Waals surface area contributed by atoms with Gasteiger partial charge in [-0.3, -0.25) is 9.59 Å². The van der Waals surface area contributed by atoms with Gasteiger partial charge in [0, 0.05) is 85.9 Å². The largest absolute Gasteiger partial charge is 0.748 e. The zero-order valence-corrected chi connectivity index (χ0v) is 55.1. The molecule has 7 rings (SSSR count). The lowest BCUT2D eigenvalue weighted by Crippen LogP contribution is -2.33. The summed E-state index contributed by atoms with van der Waals surface area (Å²) in [6.45, 7) is 4.82. The van der Waals surface area contributed by atoms with Crippen LogP contribution in [-0.2, 0) is 114 Å². The number of rotatable bonds is 37. The molecule has 3 heterocycles. The van der Waals surface area contributed by atoms with E-state index in [4.69, 9.17) is 38.0 Å². The Labute approximate surface area is 538 Å². The van der Waals surface area contributed by atoms with Gasteiger partial charge >= 0.3 is 5.97 Å². The number of anilines is 1. The molecule has 1 fully saturated rings. The molecule has 0 radical (unpaired) electrons. The summed E-state index contributed by atoms with van der Waals surface area (Å²) in [5.74, 6) is -2.97. The van der Waals surface area contributed by atoms with Crippen molar-refractivity contribution < 1.29 is 122 Å². The number of nitrogens with zero attached hydrogens (tertiary/aromatic N) is 3. The smallest absolute Gasteiger partial charge is 0.335 e. The van der Waals surface area contributed by atoms with Gasteiger partial charge in [0.25, 0.3) is 11.8 Å². The predicted molar refractivity (Wildman–Crippen MR) is 325 cm³/mol. The summed E-state index contributed by atoms with van der Waals surface area (Å²) in [6, 6.07) is 8.33. The van der Waals surface area contributed by atoms with Crippen LogP contribution in [-0.4, -0.2) is 210 Å². The molecule has 2 unspecified atom stereocenters. The molecule has 0 aliphatic carbocycles. The highest BCUT2D eigenvalue weighted by Gasteiger charge is 2.49. The number of amides is 2. The molecule has 0 saturated carbocycles. The Bertz CT molecular complexity index is 4210. The number of ether oxygens (including phenoxy) is 7. The molecule has 4 aromatic carbocycles. The molecule has 29 nitrogen and oxygen atoms in total. The van der Waals surface area contributed by atoms with Crippen LogP contribution in [0.25, 0.3) is 21.5 Å². The second kappa shape index (κ2) is 31.5. The van der Waals surface area contributed by atoms with E-state index < -0.39 is 105 Å². The zero-order chi connectivity index (χ0) is 68.2. The van der Waals surface area contributed by atoms with Crippen molar-refractivity contribution in [2.45, 2.75) is 82.8 Å². The van der Waals surface area contributed by atoms with Crippen LogP contribution in [0.1, 0.15) is 63.5 Å². The molecule has 0 aromatic heterocycles. The lowest BCUT2D eigenvalue weighted by molar-refractivity contribution is -0.442. The number of carbonyl (C=O) groups is 3. The maximum atomic E-state index is 12.9. The van der Waals surface area contributed by atoms with Gasteiger partial charge in [-0.15, -0.1) is 5.06 Å². The number of hydroxylamine groups is 2. The fourth-order valence-electron chi connectivity index (χ4n) is 11.3. The topological polar surface area (TPSA) is 421 Å². The monoisotopic (exact) mass is 1400 g/mol. The molecule has 0 N–H and O–H groups in total. The van der Waals surface area contributed by atoms with Gasteiger partial charge in [0.1, 0.15) is 47.1 Å². The Balaban J connectivity index is 1.26. The van der Waals surface area contributed by atoms with E-state index in [-0.39, 0.29) is 144 Å². The van der Waals surface area contributed by atoms with E-state index in [0.717, 1.165) is 30.3 Å². The number of imide groups is 1. The Kier molecular flexibility index (Phi) is 25.1. The molecular formula is C59H69N3O26S5-4. The third-order valence-electron chi connectivity index (χ3n) is 15.6. The van der Waals surface area contributed by atoms with Crippen LogP contribution >= 0.6 is 0 Å². The molecule has 0 spiro atoms. The summed E-state index contributed by atoms with van der Waals surface area (Å²) in [7, 11) is -23.1. The first-order chi connectivity index (χ1) is 43.8. The fourth-order valence-corrected chi connectivity index (χ4v) is 14.4. The van der Waals surface area contributed by atoms with Crippen LogP contribution in [0.2, 0.25) is 0 Å². The van der Waals surface area contributed by atoms with Crippen LogP contribution in [0, 0.1) is 0 Å². The van der Waals surface area contributed by atoms with E-state index in [0.29, 0.717) is 53.6 Å². The van der Waals surface area contributed by atoms with Gasteiger partial charge in [0.15, 0.2) is 12.3 Å². The predicted octanol–water partition coefficient (Wildman–Crippen LogP) is 3.38. The number of benzene rings is 4. The molecule has 93 heavy (non-hydrogen) atoms. The number of fused-ring (bicyclic) bond motifs is 6. The molecule has 2 amide bonds. The minimum Gasteiger partial charge on any atom is -0.748 e. The van der Waals surface area contributed by atoms with Gasteiger partial charge in [-0.25, -0.2) is 46.9 Å². The first kappa shape index (κ1) is 74.1. The normalized spacial score (nSPS) is 18.7. The summed E-state index contributed by atoms with van der Waals surface area (Å²) in [4.78, 5) is 39.1. The number of methoxy groups -OCH3 is 2. The average molecular weight is 1400 g/mol. The second-order valence-electron chi connectivity index (χ2n) is 21.8. The summed E-state index contributed by atoms with van der Waals surface area (Å²) in [6.07, 6.45) is 10.6. The Morgan fingerprint density at radius 3 is 1.68 bits per heavy atom. The van der Waals surface area contributed by atoms with Crippen molar-refractivity contribution >= 4 is 107 Å². The Hall–Kier alpha value is -6.29. The minimum atomic E-state index is -5.42. The highest BCUT2D eigenvalue weighted by atomic mass is 32.2. The molecule has 3 aliphatic heterocycles. The quantitative estimate of drug-likeness (QED) is 0.0205. The summed E-state index contributed by atoms with van der Waals surface area (Å²) in [5, 5.41) is -0.129. The number of carbonyl (C=O) groups excluding carboxylic acids is 3. The van der Waals surface area contributed by atoms with Crippen molar-refractivity contribution in [2.75, 3.05) is 117 Å². The van der Waals surface area contributed by atoms with Gasteiger partial charge in [0.2, 0.25) is 5.69 Å². The number of hydrogen-bond donors (Lipinski definition) is 0. The molecule has 4 aromatic rings. The van der Waals surface area contributed by atoms with E-state index in [9.17, 15) is 79.2 Å². The standard InChI is InChI=1S/C59H73N3O26S5/c1-58(20-10-36-89(66,67)68)51(61(22-26-81-3)48-40-50(93(78,79)80)43-14-13-41(90(69,70)71)37-45(43)57(48)58)11-8-6-5-7-9-12-52-59(2,21-25-84-31-33-87-35-34-86-29-28-82-4)56-46-38-42(91(72,73)74)39-49(92(75,76)77)44(46)15-16-47(56)60(52)23-27-85-32-30-83-24-19-55(65)88-62-53(63)17-18-54(62)64/h5-9,11-16,37-40H,10,17-36H2,1-4H3,(H4-,66,67,68,69,70,71,72,73,74,75,76,77,78,79,80)/p-4. The molecule has 3 aliphatic rings. The summed E-state index contributed by atoms with van der Waals surface area (Å²) in [5.41, 5.74) is -0.750. The van der Waals surface area contributed by atoms with E-state index in [1.165, 1.54) is 19.2 Å². The van der Waals surface area contributed by atoms with Crippen molar-refractivity contribution in [3.05, 3.63) is 108 Å².